The van der Waals surface area contributed by atoms with Crippen LogP contribution in [0.1, 0.15) is 36.8 Å². The van der Waals surface area contributed by atoms with Gasteiger partial charge in [-0.1, -0.05) is 35.3 Å². The number of anilines is 2. The molecule has 0 aliphatic carbocycles. The van der Waals surface area contributed by atoms with Gasteiger partial charge in [0.2, 0.25) is 11.8 Å². The van der Waals surface area contributed by atoms with Gasteiger partial charge in [-0.2, -0.15) is 8.61 Å². The molecule has 4 aromatic rings. The predicted octanol–water partition coefficient (Wildman–Crippen LogP) is 7.48. The molecule has 0 saturated carbocycles. The summed E-state index contributed by atoms with van der Waals surface area (Å²) in [5, 5.41) is 6.06. The maximum Gasteiger partial charge on any atom is 0.252 e. The first-order valence-corrected chi connectivity index (χ1v) is 21.3. The molecule has 0 radical (unpaired) electrons. The Morgan fingerprint density at radius 3 is 1.28 bits per heavy atom. The molecule has 2 saturated heterocycles. The molecular weight excluding hydrogens is 760 g/mol. The fourth-order valence-corrected chi connectivity index (χ4v) is 12.5. The van der Waals surface area contributed by atoms with E-state index in [1.54, 1.807) is 12.1 Å². The Hall–Kier alpha value is -2.82. The van der Waals surface area contributed by atoms with Crippen LogP contribution in [0.5, 0.6) is 0 Å². The minimum Gasteiger partial charge on any atom is -0.326 e. The fourth-order valence-electron chi connectivity index (χ4n) is 6.28. The van der Waals surface area contributed by atoms with Crippen LogP contribution in [0, 0.1) is 25.7 Å². The van der Waals surface area contributed by atoms with Crippen LogP contribution < -0.4 is 10.6 Å². The molecule has 50 heavy (non-hydrogen) atoms. The van der Waals surface area contributed by atoms with E-state index in [9.17, 15) is 26.4 Å². The number of thiophene rings is 2. The molecule has 2 N–H and O–H groups in total. The molecule has 0 spiro atoms. The van der Waals surface area contributed by atoms with Crippen LogP contribution in [0.4, 0.5) is 11.4 Å². The minimum absolute atomic E-state index is 0.132. The number of hydrogen-bond donors (Lipinski definition) is 2. The molecule has 2 fully saturated rings. The number of hydrogen-bond acceptors (Lipinski definition) is 8. The van der Waals surface area contributed by atoms with Crippen LogP contribution in [0.2, 0.25) is 8.67 Å². The number of piperidine rings is 2. The molecule has 16 heteroatoms. The smallest absolute Gasteiger partial charge is 0.252 e. The average Bonchev–Trinajstić information content (AvgIpc) is 3.75. The molecule has 2 aliphatic rings. The number of carbonyl (C=O) groups is 2. The standard InChI is InChI=1S/C34H36Cl2N4O6S4/c1-21-19-25(3-5-27(21)37-33(41)23-11-15-39(16-12-23)49(43,44)31-9-7-29(35)47-31)26-4-6-28(22(2)20-26)38-34(42)24-13-17-40(18-14-24)50(45,46)32-10-8-30(36)48-32/h3-10,19-20,23-24H,11-18H2,1-2H3,(H,37,41)(H,38,42). The minimum atomic E-state index is -3.63. The Kier molecular flexibility index (Phi) is 11.1. The summed E-state index contributed by atoms with van der Waals surface area (Å²) in [7, 11) is -7.25. The first-order chi connectivity index (χ1) is 23.7. The number of benzene rings is 2. The monoisotopic (exact) mass is 794 g/mol. The average molecular weight is 796 g/mol. The highest BCUT2D eigenvalue weighted by atomic mass is 35.5. The van der Waals surface area contributed by atoms with E-state index in [0.717, 1.165) is 44.9 Å². The first-order valence-electron chi connectivity index (χ1n) is 16.1. The highest BCUT2D eigenvalue weighted by Crippen LogP contribution is 2.34. The molecule has 0 bridgehead atoms. The lowest BCUT2D eigenvalue weighted by atomic mass is 9.96. The zero-order valence-corrected chi connectivity index (χ0v) is 32.1. The lowest BCUT2D eigenvalue weighted by Gasteiger charge is -2.30. The van der Waals surface area contributed by atoms with Crippen molar-refractivity contribution < 1.29 is 26.4 Å². The van der Waals surface area contributed by atoms with Crippen molar-refractivity contribution in [1.82, 2.24) is 8.61 Å². The van der Waals surface area contributed by atoms with Crippen molar-refractivity contribution in [3.05, 3.63) is 80.5 Å². The normalized spacial score (nSPS) is 17.1. The van der Waals surface area contributed by atoms with E-state index in [2.05, 4.69) is 10.6 Å². The first kappa shape index (κ1) is 37.0. The molecule has 2 amide bonds. The SMILES string of the molecule is Cc1cc(-c2ccc(NC(=O)C3CCN(S(=O)(=O)c4ccc(Cl)s4)CC3)c(C)c2)ccc1NC(=O)C1CCN(S(=O)(=O)c2ccc(Cl)s2)CC1. The Morgan fingerprint density at radius 1 is 0.620 bits per heavy atom. The van der Waals surface area contributed by atoms with Gasteiger partial charge in [-0.15, -0.1) is 22.7 Å². The fraction of sp³-hybridized carbons (Fsp3) is 0.353. The second-order valence-corrected chi connectivity index (χ2v) is 20.3. The largest absolute Gasteiger partial charge is 0.326 e. The van der Waals surface area contributed by atoms with Crippen molar-refractivity contribution in [2.24, 2.45) is 11.8 Å². The maximum atomic E-state index is 13.1. The van der Waals surface area contributed by atoms with E-state index in [4.69, 9.17) is 23.2 Å². The van der Waals surface area contributed by atoms with E-state index in [0.29, 0.717) is 45.7 Å². The quantitative estimate of drug-likeness (QED) is 0.181. The molecule has 2 aromatic heterocycles. The second-order valence-electron chi connectivity index (χ2n) is 12.5. The Morgan fingerprint density at radius 2 is 0.980 bits per heavy atom. The van der Waals surface area contributed by atoms with Crippen molar-refractivity contribution >= 4 is 89.1 Å². The number of halogens is 2. The number of nitrogens with one attached hydrogen (secondary N) is 2. The lowest BCUT2D eigenvalue weighted by Crippen LogP contribution is -2.41. The van der Waals surface area contributed by atoms with Gasteiger partial charge in [0.05, 0.1) is 8.67 Å². The summed E-state index contributed by atoms with van der Waals surface area (Å²) < 4.78 is 55.8. The van der Waals surface area contributed by atoms with Gasteiger partial charge >= 0.3 is 0 Å². The van der Waals surface area contributed by atoms with Gasteiger partial charge in [-0.3, -0.25) is 9.59 Å². The van der Waals surface area contributed by atoms with E-state index in [-0.39, 0.29) is 58.2 Å². The lowest BCUT2D eigenvalue weighted by molar-refractivity contribution is -0.121. The third-order valence-corrected chi connectivity index (χ3v) is 16.4. The Balaban J connectivity index is 1.02. The van der Waals surface area contributed by atoms with Crippen LogP contribution in [0.15, 0.2) is 69.1 Å². The van der Waals surface area contributed by atoms with E-state index < -0.39 is 20.0 Å². The third-order valence-electron chi connectivity index (χ3n) is 9.24. The summed E-state index contributed by atoms with van der Waals surface area (Å²) in [6.07, 6.45) is 1.71. The molecule has 0 atom stereocenters. The molecule has 10 nitrogen and oxygen atoms in total. The summed E-state index contributed by atoms with van der Waals surface area (Å²) in [6, 6.07) is 17.8. The van der Waals surface area contributed by atoms with Gasteiger partial charge in [0.25, 0.3) is 20.0 Å². The van der Waals surface area contributed by atoms with Crippen LogP contribution in [-0.4, -0.2) is 63.4 Å². The molecular formula is C34H36Cl2N4O6S4. The van der Waals surface area contributed by atoms with Gasteiger partial charge in [0.15, 0.2) is 0 Å². The maximum absolute atomic E-state index is 13.1. The number of aryl methyl sites for hydroxylation is 2. The second kappa shape index (κ2) is 15.0. The van der Waals surface area contributed by atoms with Gasteiger partial charge < -0.3 is 10.6 Å². The van der Waals surface area contributed by atoms with Gasteiger partial charge in [-0.05, 0) is 110 Å². The van der Waals surface area contributed by atoms with Gasteiger partial charge in [0, 0.05) is 49.4 Å². The Bertz CT molecular complexity index is 1980. The van der Waals surface area contributed by atoms with Gasteiger partial charge in [-0.25, -0.2) is 16.8 Å². The third kappa shape index (κ3) is 7.97. The number of sulfonamides is 2. The van der Waals surface area contributed by atoms with E-state index in [1.165, 1.54) is 20.7 Å². The zero-order valence-electron chi connectivity index (χ0n) is 27.3. The van der Waals surface area contributed by atoms with Crippen molar-refractivity contribution in [2.45, 2.75) is 47.9 Å². The molecule has 266 valence electrons. The van der Waals surface area contributed by atoms with Crippen LogP contribution in [-0.2, 0) is 29.6 Å². The highest BCUT2D eigenvalue weighted by Gasteiger charge is 2.34. The van der Waals surface area contributed by atoms with Gasteiger partial charge in [0.1, 0.15) is 8.42 Å². The van der Waals surface area contributed by atoms with E-state index in [1.807, 2.05) is 50.2 Å². The van der Waals surface area contributed by atoms with Crippen molar-refractivity contribution in [1.29, 1.82) is 0 Å². The molecule has 0 unspecified atom stereocenters. The van der Waals surface area contributed by atoms with Crippen molar-refractivity contribution in [3.8, 4) is 11.1 Å². The number of amides is 2. The molecule has 6 rings (SSSR count). The molecule has 2 aliphatic heterocycles. The number of rotatable bonds is 9. The summed E-state index contributed by atoms with van der Waals surface area (Å²) in [6.45, 7) is 4.90. The molecule has 2 aromatic carbocycles. The van der Waals surface area contributed by atoms with Crippen LogP contribution in [0.3, 0.4) is 0 Å². The molecule has 4 heterocycles. The van der Waals surface area contributed by atoms with Crippen molar-refractivity contribution in [3.63, 3.8) is 0 Å². The van der Waals surface area contributed by atoms with Crippen molar-refractivity contribution in [2.75, 3.05) is 36.8 Å². The zero-order chi connectivity index (χ0) is 35.8. The van der Waals surface area contributed by atoms with Crippen LogP contribution >= 0.6 is 45.9 Å². The summed E-state index contributed by atoms with van der Waals surface area (Å²) in [4.78, 5) is 26.3. The summed E-state index contributed by atoms with van der Waals surface area (Å²) >= 11 is 13.9. The Labute approximate surface area is 310 Å². The highest BCUT2D eigenvalue weighted by molar-refractivity contribution is 7.91. The predicted molar refractivity (Wildman–Crippen MR) is 200 cm³/mol. The van der Waals surface area contributed by atoms with E-state index >= 15 is 0 Å². The summed E-state index contributed by atoms with van der Waals surface area (Å²) in [5.41, 5.74) is 5.07. The van der Waals surface area contributed by atoms with Crippen LogP contribution in [0.25, 0.3) is 11.1 Å². The topological polar surface area (TPSA) is 133 Å². The number of carbonyl (C=O) groups excluding carboxylic acids is 2. The summed E-state index contributed by atoms with van der Waals surface area (Å²) in [5.74, 6) is -0.867. The number of nitrogens with zero attached hydrogens (tertiary/aromatic N) is 2.